The van der Waals surface area contributed by atoms with E-state index in [1.807, 2.05) is 6.07 Å². The van der Waals surface area contributed by atoms with Gasteiger partial charge in [-0.2, -0.15) is 0 Å². The lowest BCUT2D eigenvalue weighted by atomic mass is 9.56. The highest BCUT2D eigenvalue weighted by Crippen LogP contribution is 2.91. The topological polar surface area (TPSA) is 17.1 Å². The molecule has 1 unspecified atom stereocenters. The molecule has 92 valence electrons. The molecular formula is C18H14O. The van der Waals surface area contributed by atoms with Gasteiger partial charge < -0.3 is 0 Å². The Hall–Kier alpha value is -1.89. The zero-order valence-electron chi connectivity index (χ0n) is 10.5. The standard InChI is InChI=1S/C18H14O/c19-16-14-11-15-17(14,12-7-3-1-4-8-12)18(15,16)13-9-5-2-6-10-13/h1-10,14-15H,11H2/t14-,15?,17+,18-/m1/s1. The third-order valence-electron chi connectivity index (χ3n) is 5.85. The summed E-state index contributed by atoms with van der Waals surface area (Å²) in [4.78, 5) is 12.5. The molecule has 0 heterocycles. The van der Waals surface area contributed by atoms with E-state index in [1.165, 1.54) is 11.1 Å². The lowest BCUT2D eigenvalue weighted by molar-refractivity contribution is -0.133. The van der Waals surface area contributed by atoms with E-state index in [0.29, 0.717) is 17.6 Å². The zero-order valence-corrected chi connectivity index (χ0v) is 10.5. The number of carbonyl (C=O) groups excluding carboxylic acids is 1. The van der Waals surface area contributed by atoms with Crippen LogP contribution in [0.4, 0.5) is 0 Å². The quantitative estimate of drug-likeness (QED) is 0.795. The van der Waals surface area contributed by atoms with E-state index >= 15 is 0 Å². The molecule has 2 aromatic carbocycles. The second-order valence-corrected chi connectivity index (χ2v) is 6.11. The molecule has 0 N–H and O–H groups in total. The fourth-order valence-corrected chi connectivity index (χ4v) is 5.23. The average Bonchev–Trinajstić information content (AvgIpc) is 2.67. The summed E-state index contributed by atoms with van der Waals surface area (Å²) in [6.45, 7) is 0. The Morgan fingerprint density at radius 3 is 2.05 bits per heavy atom. The number of ketones is 1. The van der Waals surface area contributed by atoms with Gasteiger partial charge in [0.15, 0.2) is 0 Å². The predicted molar refractivity (Wildman–Crippen MR) is 72.8 cm³/mol. The van der Waals surface area contributed by atoms with Gasteiger partial charge in [0.05, 0.1) is 5.41 Å². The molecule has 3 aliphatic carbocycles. The molecule has 0 aromatic heterocycles. The molecule has 5 rings (SSSR count). The monoisotopic (exact) mass is 246 g/mol. The zero-order chi connectivity index (χ0) is 12.7. The Morgan fingerprint density at radius 1 is 0.842 bits per heavy atom. The van der Waals surface area contributed by atoms with Crippen LogP contribution in [0.15, 0.2) is 60.7 Å². The van der Waals surface area contributed by atoms with Crippen LogP contribution in [0.1, 0.15) is 17.5 Å². The van der Waals surface area contributed by atoms with E-state index in [1.54, 1.807) is 0 Å². The number of Topliss-reactive ketones (excluding diaryl/α,β-unsaturated/α-hetero) is 1. The smallest absolute Gasteiger partial charge is 0.148 e. The second kappa shape index (κ2) is 2.82. The van der Waals surface area contributed by atoms with Crippen molar-refractivity contribution >= 4 is 5.78 Å². The van der Waals surface area contributed by atoms with Crippen molar-refractivity contribution < 1.29 is 4.79 Å². The van der Waals surface area contributed by atoms with Crippen LogP contribution in [0.25, 0.3) is 0 Å². The summed E-state index contributed by atoms with van der Waals surface area (Å²) in [6, 6.07) is 21.1. The van der Waals surface area contributed by atoms with Gasteiger partial charge in [-0.05, 0) is 23.5 Å². The highest BCUT2D eigenvalue weighted by molar-refractivity contribution is 6.13. The highest BCUT2D eigenvalue weighted by atomic mass is 16.1. The largest absolute Gasteiger partial charge is 0.298 e. The average molecular weight is 246 g/mol. The molecule has 2 aromatic rings. The molecule has 3 aliphatic rings. The van der Waals surface area contributed by atoms with Crippen LogP contribution in [0.3, 0.4) is 0 Å². The van der Waals surface area contributed by atoms with Gasteiger partial charge in [-0.25, -0.2) is 0 Å². The Bertz CT molecular complexity index is 690. The Morgan fingerprint density at radius 2 is 1.42 bits per heavy atom. The summed E-state index contributed by atoms with van der Waals surface area (Å²) in [5, 5.41) is 0. The minimum Gasteiger partial charge on any atom is -0.298 e. The number of hydrogen-bond donors (Lipinski definition) is 0. The maximum atomic E-state index is 12.5. The maximum Gasteiger partial charge on any atom is 0.148 e. The first-order chi connectivity index (χ1) is 9.34. The SMILES string of the molecule is O=C1[C@H]2CC3[C@@]1(c1ccccc1)[C@]32c1ccccc1. The third kappa shape index (κ3) is 0.757. The van der Waals surface area contributed by atoms with E-state index in [-0.39, 0.29) is 10.8 Å². The summed E-state index contributed by atoms with van der Waals surface area (Å²) in [5.74, 6) is 1.34. The lowest BCUT2D eigenvalue weighted by Gasteiger charge is -2.44. The van der Waals surface area contributed by atoms with Crippen LogP contribution < -0.4 is 0 Å². The molecule has 0 aliphatic heterocycles. The first-order valence-electron chi connectivity index (χ1n) is 7.00. The summed E-state index contributed by atoms with van der Waals surface area (Å²) >= 11 is 0. The van der Waals surface area contributed by atoms with Crippen LogP contribution in [0, 0.1) is 11.8 Å². The Labute approximate surface area is 112 Å². The van der Waals surface area contributed by atoms with Gasteiger partial charge in [-0.15, -0.1) is 0 Å². The van der Waals surface area contributed by atoms with Gasteiger partial charge >= 0.3 is 0 Å². The van der Waals surface area contributed by atoms with Crippen molar-refractivity contribution in [1.29, 1.82) is 0 Å². The van der Waals surface area contributed by atoms with Crippen LogP contribution in [-0.4, -0.2) is 5.78 Å². The van der Waals surface area contributed by atoms with Crippen molar-refractivity contribution in [2.45, 2.75) is 17.3 Å². The van der Waals surface area contributed by atoms with Gasteiger partial charge in [0.1, 0.15) is 5.78 Å². The second-order valence-electron chi connectivity index (χ2n) is 6.11. The van der Waals surface area contributed by atoms with E-state index in [0.717, 1.165) is 6.42 Å². The number of hydrogen-bond acceptors (Lipinski definition) is 1. The number of rotatable bonds is 2. The molecule has 0 saturated heterocycles. The van der Waals surface area contributed by atoms with Crippen LogP contribution in [0.5, 0.6) is 0 Å². The van der Waals surface area contributed by atoms with Crippen molar-refractivity contribution in [2.24, 2.45) is 11.8 Å². The minimum atomic E-state index is -0.166. The first-order valence-corrected chi connectivity index (χ1v) is 7.00. The van der Waals surface area contributed by atoms with Crippen molar-refractivity contribution in [3.63, 3.8) is 0 Å². The maximum absolute atomic E-state index is 12.5. The molecule has 0 radical (unpaired) electrons. The van der Waals surface area contributed by atoms with Crippen LogP contribution in [0.2, 0.25) is 0 Å². The number of carbonyl (C=O) groups is 1. The van der Waals surface area contributed by atoms with Crippen molar-refractivity contribution in [3.8, 4) is 0 Å². The van der Waals surface area contributed by atoms with E-state index in [4.69, 9.17) is 0 Å². The van der Waals surface area contributed by atoms with Gasteiger partial charge in [0.2, 0.25) is 0 Å². The highest BCUT2D eigenvalue weighted by Gasteiger charge is 2.98. The third-order valence-corrected chi connectivity index (χ3v) is 5.85. The van der Waals surface area contributed by atoms with E-state index in [9.17, 15) is 4.79 Å². The van der Waals surface area contributed by atoms with Crippen molar-refractivity contribution in [2.75, 3.05) is 0 Å². The summed E-state index contributed by atoms with van der Waals surface area (Å²) < 4.78 is 0. The summed E-state index contributed by atoms with van der Waals surface area (Å²) in [5.41, 5.74) is 2.61. The molecule has 1 heteroatoms. The van der Waals surface area contributed by atoms with Gasteiger partial charge in [0, 0.05) is 11.3 Å². The number of fused-ring (bicyclic) bond motifs is 1. The molecule has 3 fully saturated rings. The number of benzene rings is 2. The molecule has 4 atom stereocenters. The van der Waals surface area contributed by atoms with Gasteiger partial charge in [0.25, 0.3) is 0 Å². The lowest BCUT2D eigenvalue weighted by Crippen LogP contribution is -2.53. The fraction of sp³-hybridized carbons (Fsp3) is 0.278. The summed E-state index contributed by atoms with van der Waals surface area (Å²) in [7, 11) is 0. The minimum absolute atomic E-state index is 0.159. The molecule has 0 amide bonds. The van der Waals surface area contributed by atoms with Crippen LogP contribution in [-0.2, 0) is 15.6 Å². The van der Waals surface area contributed by atoms with Crippen LogP contribution >= 0.6 is 0 Å². The normalized spacial score (nSPS) is 40.9. The molecule has 1 nitrogen and oxygen atoms in total. The van der Waals surface area contributed by atoms with Crippen molar-refractivity contribution in [1.82, 2.24) is 0 Å². The predicted octanol–water partition coefficient (Wildman–Crippen LogP) is 3.09. The first kappa shape index (κ1) is 9.96. The Kier molecular flexibility index (Phi) is 1.48. The summed E-state index contributed by atoms with van der Waals surface area (Å²) in [6.07, 6.45) is 1.10. The molecule has 0 bridgehead atoms. The molecule has 19 heavy (non-hydrogen) atoms. The van der Waals surface area contributed by atoms with Gasteiger partial charge in [-0.3, -0.25) is 4.79 Å². The van der Waals surface area contributed by atoms with E-state index in [2.05, 4.69) is 54.6 Å². The molecule has 0 spiro atoms. The van der Waals surface area contributed by atoms with Gasteiger partial charge in [-0.1, -0.05) is 60.7 Å². The molecule has 3 saturated carbocycles. The fourth-order valence-electron chi connectivity index (χ4n) is 5.23. The molecular weight excluding hydrogens is 232 g/mol. The van der Waals surface area contributed by atoms with Crippen molar-refractivity contribution in [3.05, 3.63) is 71.8 Å². The van der Waals surface area contributed by atoms with E-state index < -0.39 is 0 Å². The Balaban J connectivity index is 1.72.